The van der Waals surface area contributed by atoms with Gasteiger partial charge in [0, 0.05) is 37.6 Å². The van der Waals surface area contributed by atoms with Gasteiger partial charge in [0.05, 0.1) is 0 Å². The molecular formula is C17H29N5S. The van der Waals surface area contributed by atoms with Gasteiger partial charge in [-0.1, -0.05) is 6.07 Å². The Balaban J connectivity index is 1.54. The van der Waals surface area contributed by atoms with Gasteiger partial charge in [-0.3, -0.25) is 4.99 Å². The minimum atomic E-state index is 0.574. The lowest BCUT2D eigenvalue weighted by Gasteiger charge is -2.17. The number of aromatic nitrogens is 1. The summed E-state index contributed by atoms with van der Waals surface area (Å²) in [6.45, 7) is 1.89. The first-order chi connectivity index (χ1) is 11.3. The van der Waals surface area contributed by atoms with Crippen molar-refractivity contribution in [3.05, 3.63) is 24.4 Å². The van der Waals surface area contributed by atoms with Crippen LogP contribution in [0.1, 0.15) is 32.1 Å². The second-order valence-electron chi connectivity index (χ2n) is 5.86. The molecule has 23 heavy (non-hydrogen) atoms. The van der Waals surface area contributed by atoms with E-state index in [0.29, 0.717) is 6.04 Å². The normalized spacial score (nSPS) is 21.2. The van der Waals surface area contributed by atoms with E-state index in [4.69, 9.17) is 0 Å². The summed E-state index contributed by atoms with van der Waals surface area (Å²) in [6.07, 6.45) is 10.0. The number of aliphatic imine (C=N–C) groups is 1. The summed E-state index contributed by atoms with van der Waals surface area (Å²) >= 11 is 1.98. The number of nitrogens with one attached hydrogen (secondary N) is 3. The molecule has 0 amide bonds. The van der Waals surface area contributed by atoms with Crippen LogP contribution in [0.15, 0.2) is 29.4 Å². The summed E-state index contributed by atoms with van der Waals surface area (Å²) in [5.74, 6) is 1.89. The Morgan fingerprint density at radius 2 is 2.17 bits per heavy atom. The highest BCUT2D eigenvalue weighted by Gasteiger charge is 2.24. The van der Waals surface area contributed by atoms with Gasteiger partial charge < -0.3 is 16.0 Å². The van der Waals surface area contributed by atoms with Crippen LogP contribution in [0.3, 0.4) is 0 Å². The molecule has 2 unspecified atom stereocenters. The summed E-state index contributed by atoms with van der Waals surface area (Å²) in [7, 11) is 1.85. The molecule has 0 saturated heterocycles. The first-order valence-electron chi connectivity index (χ1n) is 8.46. The van der Waals surface area contributed by atoms with Crippen molar-refractivity contribution in [2.24, 2.45) is 4.99 Å². The summed E-state index contributed by atoms with van der Waals surface area (Å²) in [6, 6.07) is 6.49. The molecule has 6 heteroatoms. The molecule has 0 aliphatic heterocycles. The maximum absolute atomic E-state index is 4.33. The molecule has 1 saturated carbocycles. The van der Waals surface area contributed by atoms with Gasteiger partial charge in [-0.05, 0) is 50.5 Å². The van der Waals surface area contributed by atoms with Crippen molar-refractivity contribution in [2.75, 3.05) is 31.7 Å². The summed E-state index contributed by atoms with van der Waals surface area (Å²) in [5.41, 5.74) is 0. The molecule has 2 rings (SSSR count). The fourth-order valence-electron chi connectivity index (χ4n) is 2.81. The van der Waals surface area contributed by atoms with Crippen molar-refractivity contribution < 1.29 is 0 Å². The van der Waals surface area contributed by atoms with Gasteiger partial charge in [0.2, 0.25) is 0 Å². The topological polar surface area (TPSA) is 61.3 Å². The quantitative estimate of drug-likeness (QED) is 0.387. The van der Waals surface area contributed by atoms with Crippen molar-refractivity contribution in [1.29, 1.82) is 0 Å². The van der Waals surface area contributed by atoms with E-state index in [2.05, 4.69) is 32.2 Å². The highest BCUT2D eigenvalue weighted by molar-refractivity contribution is 7.99. The Morgan fingerprint density at radius 1 is 1.30 bits per heavy atom. The van der Waals surface area contributed by atoms with E-state index in [1.54, 1.807) is 0 Å². The zero-order valence-electron chi connectivity index (χ0n) is 14.2. The Labute approximate surface area is 144 Å². The third-order valence-electron chi connectivity index (χ3n) is 4.15. The van der Waals surface area contributed by atoms with Crippen molar-refractivity contribution in [3.63, 3.8) is 0 Å². The van der Waals surface area contributed by atoms with Crippen molar-refractivity contribution >= 4 is 23.5 Å². The third kappa shape index (κ3) is 6.69. The largest absolute Gasteiger partial charge is 0.370 e. The first kappa shape index (κ1) is 17.9. The fraction of sp³-hybridized carbons (Fsp3) is 0.647. The minimum absolute atomic E-state index is 0.574. The van der Waals surface area contributed by atoms with Crippen LogP contribution in [0.5, 0.6) is 0 Å². The Hall–Kier alpha value is -1.43. The lowest BCUT2D eigenvalue weighted by Crippen LogP contribution is -2.42. The molecule has 0 bridgehead atoms. The summed E-state index contributed by atoms with van der Waals surface area (Å²) in [5, 5.41) is 11.1. The van der Waals surface area contributed by atoms with Gasteiger partial charge in [0.15, 0.2) is 5.96 Å². The zero-order chi connectivity index (χ0) is 16.3. The van der Waals surface area contributed by atoms with E-state index in [-0.39, 0.29) is 0 Å². The molecule has 0 radical (unpaired) electrons. The first-order valence-corrected chi connectivity index (χ1v) is 9.75. The van der Waals surface area contributed by atoms with Crippen molar-refractivity contribution in [2.45, 2.75) is 43.4 Å². The van der Waals surface area contributed by atoms with E-state index in [0.717, 1.165) is 43.0 Å². The maximum Gasteiger partial charge on any atom is 0.191 e. The lowest BCUT2D eigenvalue weighted by molar-refractivity contribution is 0.609. The smallest absolute Gasteiger partial charge is 0.191 e. The van der Waals surface area contributed by atoms with E-state index in [1.807, 2.05) is 43.2 Å². The predicted octanol–water partition coefficient (Wildman–Crippen LogP) is 2.72. The van der Waals surface area contributed by atoms with Gasteiger partial charge in [0.25, 0.3) is 0 Å². The highest BCUT2D eigenvalue weighted by Crippen LogP contribution is 2.27. The highest BCUT2D eigenvalue weighted by atomic mass is 32.2. The van der Waals surface area contributed by atoms with Crippen LogP contribution in [0.2, 0.25) is 0 Å². The molecule has 5 nitrogen and oxygen atoms in total. The van der Waals surface area contributed by atoms with Crippen molar-refractivity contribution in [3.8, 4) is 0 Å². The van der Waals surface area contributed by atoms with E-state index < -0.39 is 0 Å². The Morgan fingerprint density at radius 3 is 2.87 bits per heavy atom. The Bertz CT molecular complexity index is 465. The molecule has 3 N–H and O–H groups in total. The average molecular weight is 336 g/mol. The number of anilines is 1. The fourth-order valence-corrected chi connectivity index (χ4v) is 3.61. The van der Waals surface area contributed by atoms with Gasteiger partial charge in [-0.25, -0.2) is 4.98 Å². The van der Waals surface area contributed by atoms with Crippen LogP contribution in [0, 0.1) is 0 Å². The number of guanidine groups is 1. The molecule has 0 aromatic carbocycles. The van der Waals surface area contributed by atoms with Gasteiger partial charge >= 0.3 is 0 Å². The number of nitrogens with zero attached hydrogens (tertiary/aromatic N) is 2. The van der Waals surface area contributed by atoms with Crippen molar-refractivity contribution in [1.82, 2.24) is 15.6 Å². The van der Waals surface area contributed by atoms with E-state index in [9.17, 15) is 0 Å². The molecule has 1 fully saturated rings. The number of hydrogen-bond acceptors (Lipinski definition) is 4. The summed E-state index contributed by atoms with van der Waals surface area (Å²) < 4.78 is 0. The molecule has 1 aromatic rings. The molecule has 128 valence electrons. The van der Waals surface area contributed by atoms with Gasteiger partial charge in [-0.15, -0.1) is 0 Å². The molecule has 1 aliphatic rings. The minimum Gasteiger partial charge on any atom is -0.370 e. The molecule has 0 spiro atoms. The van der Waals surface area contributed by atoms with Crippen LogP contribution in [0.4, 0.5) is 5.82 Å². The molecule has 1 aromatic heterocycles. The second-order valence-corrected chi connectivity index (χ2v) is 7.00. The Kier molecular flexibility index (Phi) is 8.07. The van der Waals surface area contributed by atoms with Gasteiger partial charge in [0.1, 0.15) is 5.82 Å². The van der Waals surface area contributed by atoms with Gasteiger partial charge in [-0.2, -0.15) is 11.8 Å². The second kappa shape index (κ2) is 10.4. The average Bonchev–Trinajstić information content (AvgIpc) is 3.05. The van der Waals surface area contributed by atoms with Crippen LogP contribution < -0.4 is 16.0 Å². The lowest BCUT2D eigenvalue weighted by atomic mass is 10.2. The number of hydrogen-bond donors (Lipinski definition) is 3. The standard InChI is InChI=1S/C17H29N5S/c1-18-17(22-14-8-9-15(13-14)23-2)21-12-6-5-11-20-16-7-3-4-10-19-16/h3-4,7,10,14-15H,5-6,8-9,11-13H2,1-2H3,(H,19,20)(H2,18,21,22). The number of rotatable bonds is 8. The summed E-state index contributed by atoms with van der Waals surface area (Å²) in [4.78, 5) is 8.58. The van der Waals surface area contributed by atoms with E-state index in [1.165, 1.54) is 19.3 Å². The molecular weight excluding hydrogens is 306 g/mol. The predicted molar refractivity (Wildman–Crippen MR) is 101 cm³/mol. The SMILES string of the molecule is CN=C(NCCCCNc1ccccn1)NC1CCC(SC)C1. The van der Waals surface area contributed by atoms with Crippen LogP contribution in [-0.4, -0.2) is 48.6 Å². The maximum atomic E-state index is 4.33. The third-order valence-corrected chi connectivity index (χ3v) is 5.24. The van der Waals surface area contributed by atoms with Crippen LogP contribution in [-0.2, 0) is 0 Å². The van der Waals surface area contributed by atoms with Crippen LogP contribution >= 0.6 is 11.8 Å². The zero-order valence-corrected chi connectivity index (χ0v) is 15.0. The monoisotopic (exact) mass is 335 g/mol. The van der Waals surface area contributed by atoms with E-state index >= 15 is 0 Å². The number of unbranched alkanes of at least 4 members (excludes halogenated alkanes) is 1. The number of pyridine rings is 1. The number of thioether (sulfide) groups is 1. The molecule has 1 aliphatic carbocycles. The molecule has 1 heterocycles. The molecule has 2 atom stereocenters. The van der Waals surface area contributed by atoms with Crippen LogP contribution in [0.25, 0.3) is 0 Å².